The van der Waals surface area contributed by atoms with Gasteiger partial charge in [0.25, 0.3) is 0 Å². The van der Waals surface area contributed by atoms with Gasteiger partial charge in [0.05, 0.1) is 0 Å². The summed E-state index contributed by atoms with van der Waals surface area (Å²) in [5, 5.41) is 17.1. The van der Waals surface area contributed by atoms with Gasteiger partial charge in [-0.3, -0.25) is 4.99 Å². The van der Waals surface area contributed by atoms with E-state index in [0.29, 0.717) is 12.3 Å². The zero-order valence-corrected chi connectivity index (χ0v) is 13.9. The second-order valence-electron chi connectivity index (χ2n) is 5.14. The second-order valence-corrected chi connectivity index (χ2v) is 5.92. The molecule has 0 bridgehead atoms. The van der Waals surface area contributed by atoms with Gasteiger partial charge >= 0.3 is 0 Å². The monoisotopic (exact) mass is 317 g/mol. The van der Waals surface area contributed by atoms with E-state index in [4.69, 9.17) is 0 Å². The largest absolute Gasteiger partial charge is 0.508 e. The van der Waals surface area contributed by atoms with Crippen molar-refractivity contribution >= 4 is 17.3 Å². The Morgan fingerprint density at radius 2 is 2.18 bits per heavy atom. The van der Waals surface area contributed by atoms with Crippen molar-refractivity contribution in [2.45, 2.75) is 19.9 Å². The van der Waals surface area contributed by atoms with E-state index in [9.17, 15) is 5.11 Å². The van der Waals surface area contributed by atoms with Crippen LogP contribution < -0.4 is 5.32 Å². The van der Waals surface area contributed by atoms with Gasteiger partial charge in [-0.25, -0.2) is 0 Å². The van der Waals surface area contributed by atoms with Crippen LogP contribution >= 0.6 is 11.3 Å². The SMILES string of the molecule is CCNC(=NCCc1cccc(O)c1)N(C)Cc1ccsc1. The van der Waals surface area contributed by atoms with Crippen LogP contribution in [-0.2, 0) is 13.0 Å². The fraction of sp³-hybridized carbons (Fsp3) is 0.353. The van der Waals surface area contributed by atoms with Crippen molar-refractivity contribution in [1.29, 1.82) is 0 Å². The molecule has 0 aliphatic carbocycles. The molecule has 0 aliphatic heterocycles. The lowest BCUT2D eigenvalue weighted by Gasteiger charge is -2.21. The van der Waals surface area contributed by atoms with Crippen molar-refractivity contribution < 1.29 is 5.11 Å². The van der Waals surface area contributed by atoms with Crippen LogP contribution in [0, 0.1) is 0 Å². The molecule has 4 nitrogen and oxygen atoms in total. The molecule has 1 heterocycles. The van der Waals surface area contributed by atoms with Crippen LogP contribution in [0.4, 0.5) is 0 Å². The number of nitrogens with zero attached hydrogens (tertiary/aromatic N) is 2. The van der Waals surface area contributed by atoms with E-state index in [1.807, 2.05) is 19.2 Å². The minimum absolute atomic E-state index is 0.308. The molecule has 0 radical (unpaired) electrons. The van der Waals surface area contributed by atoms with E-state index >= 15 is 0 Å². The Bertz CT molecular complexity index is 596. The summed E-state index contributed by atoms with van der Waals surface area (Å²) in [6, 6.07) is 9.49. The minimum Gasteiger partial charge on any atom is -0.508 e. The predicted molar refractivity (Wildman–Crippen MR) is 93.6 cm³/mol. The number of benzene rings is 1. The molecule has 0 saturated heterocycles. The third kappa shape index (κ3) is 5.07. The smallest absolute Gasteiger partial charge is 0.193 e. The van der Waals surface area contributed by atoms with Crippen LogP contribution in [0.2, 0.25) is 0 Å². The summed E-state index contributed by atoms with van der Waals surface area (Å²) in [6.45, 7) is 4.46. The maximum absolute atomic E-state index is 9.48. The Morgan fingerprint density at radius 1 is 1.32 bits per heavy atom. The molecule has 1 aromatic heterocycles. The van der Waals surface area contributed by atoms with Crippen molar-refractivity contribution in [3.8, 4) is 5.75 Å². The molecule has 2 aromatic rings. The molecular formula is C17H23N3OS. The highest BCUT2D eigenvalue weighted by Gasteiger charge is 2.06. The van der Waals surface area contributed by atoms with Crippen LogP contribution in [0.25, 0.3) is 0 Å². The molecule has 0 spiro atoms. The molecule has 2 rings (SSSR count). The van der Waals surface area contributed by atoms with Gasteiger partial charge in [0.1, 0.15) is 5.75 Å². The van der Waals surface area contributed by atoms with E-state index in [1.165, 1.54) is 5.56 Å². The highest BCUT2D eigenvalue weighted by molar-refractivity contribution is 7.07. The van der Waals surface area contributed by atoms with Crippen LogP contribution in [0.3, 0.4) is 0 Å². The summed E-state index contributed by atoms with van der Waals surface area (Å²) in [6.07, 6.45) is 0.815. The van der Waals surface area contributed by atoms with Gasteiger partial charge in [0, 0.05) is 26.7 Å². The molecule has 22 heavy (non-hydrogen) atoms. The van der Waals surface area contributed by atoms with Crippen molar-refractivity contribution in [2.75, 3.05) is 20.1 Å². The number of nitrogens with one attached hydrogen (secondary N) is 1. The number of phenols is 1. The quantitative estimate of drug-likeness (QED) is 0.636. The number of rotatable bonds is 6. The van der Waals surface area contributed by atoms with Gasteiger partial charge in [-0.2, -0.15) is 11.3 Å². The average Bonchev–Trinajstić information content (AvgIpc) is 2.99. The fourth-order valence-electron chi connectivity index (χ4n) is 2.20. The molecule has 5 heteroatoms. The summed E-state index contributed by atoms with van der Waals surface area (Å²) in [7, 11) is 2.05. The summed E-state index contributed by atoms with van der Waals surface area (Å²) in [4.78, 5) is 6.81. The first-order chi connectivity index (χ1) is 10.7. The van der Waals surface area contributed by atoms with Crippen LogP contribution in [0.5, 0.6) is 5.75 Å². The number of guanidine groups is 1. The zero-order chi connectivity index (χ0) is 15.8. The Balaban J connectivity index is 1.94. The van der Waals surface area contributed by atoms with Gasteiger partial charge < -0.3 is 15.3 Å². The van der Waals surface area contributed by atoms with Gasteiger partial charge in [-0.1, -0.05) is 12.1 Å². The van der Waals surface area contributed by atoms with Crippen LogP contribution in [0.1, 0.15) is 18.1 Å². The number of hydrogen-bond donors (Lipinski definition) is 2. The normalized spacial score (nSPS) is 11.5. The predicted octanol–water partition coefficient (Wildman–Crippen LogP) is 3.09. The Morgan fingerprint density at radius 3 is 2.86 bits per heavy atom. The molecule has 0 aliphatic rings. The first-order valence-electron chi connectivity index (χ1n) is 7.47. The second kappa shape index (κ2) is 8.44. The molecule has 0 saturated carbocycles. The lowest BCUT2D eigenvalue weighted by molar-refractivity contribution is 0.474. The highest BCUT2D eigenvalue weighted by Crippen LogP contribution is 2.11. The summed E-state index contributed by atoms with van der Waals surface area (Å²) >= 11 is 1.71. The van der Waals surface area contributed by atoms with Gasteiger partial charge in [0.2, 0.25) is 0 Å². The number of hydrogen-bond acceptors (Lipinski definition) is 3. The molecule has 2 N–H and O–H groups in total. The molecule has 0 amide bonds. The van der Waals surface area contributed by atoms with E-state index in [0.717, 1.165) is 31.0 Å². The fourth-order valence-corrected chi connectivity index (χ4v) is 2.86. The van der Waals surface area contributed by atoms with Gasteiger partial charge in [-0.15, -0.1) is 0 Å². The Hall–Kier alpha value is -2.01. The molecule has 0 atom stereocenters. The van der Waals surface area contributed by atoms with Gasteiger partial charge in [-0.05, 0) is 53.4 Å². The Labute approximate surface area is 136 Å². The van der Waals surface area contributed by atoms with E-state index in [1.54, 1.807) is 23.5 Å². The summed E-state index contributed by atoms with van der Waals surface area (Å²) in [5.74, 6) is 1.22. The first-order valence-corrected chi connectivity index (χ1v) is 8.41. The molecule has 1 aromatic carbocycles. The lowest BCUT2D eigenvalue weighted by atomic mass is 10.1. The average molecular weight is 317 g/mol. The van der Waals surface area contributed by atoms with E-state index < -0.39 is 0 Å². The van der Waals surface area contributed by atoms with Crippen molar-refractivity contribution in [3.63, 3.8) is 0 Å². The maximum atomic E-state index is 9.48. The van der Waals surface area contributed by atoms with Crippen molar-refractivity contribution in [1.82, 2.24) is 10.2 Å². The molecule has 0 fully saturated rings. The molecule has 0 unspecified atom stereocenters. The molecular weight excluding hydrogens is 294 g/mol. The summed E-state index contributed by atoms with van der Waals surface area (Å²) < 4.78 is 0. The third-order valence-electron chi connectivity index (χ3n) is 3.27. The van der Waals surface area contributed by atoms with Crippen LogP contribution in [-0.4, -0.2) is 36.1 Å². The number of thiophene rings is 1. The minimum atomic E-state index is 0.308. The molecule has 118 valence electrons. The third-order valence-corrected chi connectivity index (χ3v) is 4.00. The highest BCUT2D eigenvalue weighted by atomic mass is 32.1. The van der Waals surface area contributed by atoms with Gasteiger partial charge in [0.15, 0.2) is 5.96 Å². The summed E-state index contributed by atoms with van der Waals surface area (Å²) in [5.41, 5.74) is 2.39. The Kier molecular flexibility index (Phi) is 6.27. The van der Waals surface area contributed by atoms with Crippen LogP contribution in [0.15, 0.2) is 46.1 Å². The zero-order valence-electron chi connectivity index (χ0n) is 13.1. The number of phenolic OH excluding ortho intramolecular Hbond substituents is 1. The maximum Gasteiger partial charge on any atom is 0.193 e. The standard InChI is InChI=1S/C17H23N3OS/c1-3-18-17(20(2)12-15-8-10-22-13-15)19-9-7-14-5-4-6-16(21)11-14/h4-6,8,10-11,13,21H,3,7,9,12H2,1-2H3,(H,18,19). The van der Waals surface area contributed by atoms with Crippen molar-refractivity contribution in [2.24, 2.45) is 4.99 Å². The topological polar surface area (TPSA) is 47.9 Å². The number of aliphatic imine (C=N–C) groups is 1. The van der Waals surface area contributed by atoms with E-state index in [-0.39, 0.29) is 0 Å². The lowest BCUT2D eigenvalue weighted by Crippen LogP contribution is -2.38. The van der Waals surface area contributed by atoms with E-state index in [2.05, 4.69) is 39.0 Å². The number of aromatic hydroxyl groups is 1. The van der Waals surface area contributed by atoms with Crippen molar-refractivity contribution in [3.05, 3.63) is 52.2 Å². The first kappa shape index (κ1) is 16.4.